The standard InChI is InChI=1S/C17H24O10/c1-9(18)23-8-17(27-13(5)22)7-6-14(24-10(2)19)15(25-11(3)20)16(17)26-12(4)21/h14-16H,6-8H2,1-5H3/t14-,15+,16-,17-/m1/s1. The average molecular weight is 388 g/mol. The quantitative estimate of drug-likeness (QED) is 0.466. The Balaban J connectivity index is 3.37. The molecule has 0 aromatic heterocycles. The topological polar surface area (TPSA) is 132 Å². The molecule has 0 unspecified atom stereocenters. The monoisotopic (exact) mass is 388 g/mol. The van der Waals surface area contributed by atoms with Crippen molar-refractivity contribution in [1.82, 2.24) is 0 Å². The maximum atomic E-state index is 11.7. The first-order valence-electron chi connectivity index (χ1n) is 8.31. The van der Waals surface area contributed by atoms with Crippen molar-refractivity contribution in [2.24, 2.45) is 0 Å². The lowest BCUT2D eigenvalue weighted by Crippen LogP contribution is -2.64. The highest BCUT2D eigenvalue weighted by atomic mass is 16.6. The summed E-state index contributed by atoms with van der Waals surface area (Å²) in [5.41, 5.74) is -1.60. The van der Waals surface area contributed by atoms with Crippen LogP contribution in [0.25, 0.3) is 0 Å². The van der Waals surface area contributed by atoms with E-state index in [1.165, 1.54) is 6.92 Å². The van der Waals surface area contributed by atoms with Crippen LogP contribution in [0.2, 0.25) is 0 Å². The van der Waals surface area contributed by atoms with Gasteiger partial charge in [-0.2, -0.15) is 0 Å². The third-order valence-electron chi connectivity index (χ3n) is 3.81. The zero-order chi connectivity index (χ0) is 20.8. The Hall–Kier alpha value is -2.65. The largest absolute Gasteiger partial charge is 0.461 e. The minimum atomic E-state index is -1.60. The third-order valence-corrected chi connectivity index (χ3v) is 3.81. The minimum absolute atomic E-state index is 0.0352. The number of carbonyl (C=O) groups is 5. The van der Waals surface area contributed by atoms with Crippen molar-refractivity contribution in [3.8, 4) is 0 Å². The molecule has 1 aliphatic carbocycles. The van der Waals surface area contributed by atoms with Gasteiger partial charge in [-0.15, -0.1) is 0 Å². The van der Waals surface area contributed by atoms with E-state index in [1.807, 2.05) is 0 Å². The summed E-state index contributed by atoms with van der Waals surface area (Å²) in [6.07, 6.45) is -3.38. The van der Waals surface area contributed by atoms with Crippen LogP contribution in [-0.2, 0) is 47.7 Å². The molecule has 0 N–H and O–H groups in total. The van der Waals surface area contributed by atoms with E-state index in [-0.39, 0.29) is 12.8 Å². The van der Waals surface area contributed by atoms with Crippen LogP contribution in [0.15, 0.2) is 0 Å². The van der Waals surface area contributed by atoms with Gasteiger partial charge in [-0.05, 0) is 12.8 Å². The second-order valence-electron chi connectivity index (χ2n) is 6.23. The van der Waals surface area contributed by atoms with Crippen LogP contribution >= 0.6 is 0 Å². The molecule has 0 radical (unpaired) electrons. The fourth-order valence-corrected chi connectivity index (χ4v) is 3.01. The highest BCUT2D eigenvalue weighted by Gasteiger charge is 2.57. The van der Waals surface area contributed by atoms with Gasteiger partial charge in [0.25, 0.3) is 0 Å². The Morgan fingerprint density at radius 2 is 1.33 bits per heavy atom. The summed E-state index contributed by atoms with van der Waals surface area (Å²) in [7, 11) is 0. The molecule has 0 aromatic rings. The Kier molecular flexibility index (Phi) is 7.74. The molecular formula is C17H24O10. The van der Waals surface area contributed by atoms with E-state index in [2.05, 4.69) is 0 Å². The Morgan fingerprint density at radius 1 is 0.778 bits per heavy atom. The van der Waals surface area contributed by atoms with Crippen LogP contribution in [0, 0.1) is 0 Å². The molecule has 0 amide bonds. The maximum Gasteiger partial charge on any atom is 0.303 e. The first-order valence-corrected chi connectivity index (χ1v) is 8.31. The summed E-state index contributed by atoms with van der Waals surface area (Å²) in [4.78, 5) is 57.6. The molecule has 10 heteroatoms. The second-order valence-corrected chi connectivity index (χ2v) is 6.23. The molecule has 0 aromatic carbocycles. The smallest absolute Gasteiger partial charge is 0.303 e. The lowest BCUT2D eigenvalue weighted by molar-refractivity contribution is -0.241. The highest BCUT2D eigenvalue weighted by Crippen LogP contribution is 2.38. The molecule has 0 spiro atoms. The molecule has 1 aliphatic rings. The summed E-state index contributed by atoms with van der Waals surface area (Å²) < 4.78 is 26.1. The van der Waals surface area contributed by atoms with Gasteiger partial charge in [-0.25, -0.2) is 0 Å². The Morgan fingerprint density at radius 3 is 1.78 bits per heavy atom. The molecule has 1 saturated carbocycles. The van der Waals surface area contributed by atoms with E-state index < -0.39 is 60.4 Å². The molecule has 0 bridgehead atoms. The van der Waals surface area contributed by atoms with E-state index in [9.17, 15) is 24.0 Å². The molecule has 152 valence electrons. The molecule has 4 atom stereocenters. The van der Waals surface area contributed by atoms with Crippen LogP contribution in [-0.4, -0.2) is 60.4 Å². The number of hydrogen-bond acceptors (Lipinski definition) is 10. The van der Waals surface area contributed by atoms with E-state index >= 15 is 0 Å². The van der Waals surface area contributed by atoms with E-state index in [0.717, 1.165) is 27.7 Å². The fraction of sp³-hybridized carbons (Fsp3) is 0.706. The second kappa shape index (κ2) is 9.33. The van der Waals surface area contributed by atoms with Gasteiger partial charge in [0.15, 0.2) is 17.8 Å². The number of carbonyl (C=O) groups excluding carboxylic acids is 5. The van der Waals surface area contributed by atoms with Crippen LogP contribution < -0.4 is 0 Å². The summed E-state index contributed by atoms with van der Waals surface area (Å²) >= 11 is 0. The fourth-order valence-electron chi connectivity index (χ4n) is 3.01. The summed E-state index contributed by atoms with van der Waals surface area (Å²) in [6, 6.07) is 0. The van der Waals surface area contributed by atoms with Gasteiger partial charge in [0.2, 0.25) is 0 Å². The highest BCUT2D eigenvalue weighted by molar-refractivity contribution is 5.70. The molecule has 10 nitrogen and oxygen atoms in total. The number of ether oxygens (including phenoxy) is 5. The first kappa shape index (κ1) is 22.4. The zero-order valence-corrected chi connectivity index (χ0v) is 15.9. The predicted octanol–water partition coefficient (Wildman–Crippen LogP) is 0.440. The molecule has 1 rings (SSSR count). The maximum absolute atomic E-state index is 11.7. The van der Waals surface area contributed by atoms with Crippen LogP contribution in [0.5, 0.6) is 0 Å². The van der Waals surface area contributed by atoms with Crippen molar-refractivity contribution < 1.29 is 47.7 Å². The van der Waals surface area contributed by atoms with Gasteiger partial charge in [0.05, 0.1) is 0 Å². The summed E-state index contributed by atoms with van der Waals surface area (Å²) in [5.74, 6) is -3.46. The average Bonchev–Trinajstić information content (AvgIpc) is 2.49. The van der Waals surface area contributed by atoms with Gasteiger partial charge >= 0.3 is 29.8 Å². The molecular weight excluding hydrogens is 364 g/mol. The van der Waals surface area contributed by atoms with Gasteiger partial charge in [-0.3, -0.25) is 24.0 Å². The van der Waals surface area contributed by atoms with Crippen molar-refractivity contribution >= 4 is 29.8 Å². The molecule has 1 fully saturated rings. The van der Waals surface area contributed by atoms with Gasteiger partial charge in [0, 0.05) is 34.6 Å². The molecule has 0 saturated heterocycles. The predicted molar refractivity (Wildman–Crippen MR) is 87.0 cm³/mol. The van der Waals surface area contributed by atoms with E-state index in [0.29, 0.717) is 0 Å². The Labute approximate surface area is 156 Å². The Bertz CT molecular complexity index is 613. The third kappa shape index (κ3) is 6.54. The van der Waals surface area contributed by atoms with Crippen LogP contribution in [0.1, 0.15) is 47.5 Å². The summed E-state index contributed by atoms with van der Waals surface area (Å²) in [6.45, 7) is 5.30. The van der Waals surface area contributed by atoms with Crippen LogP contribution in [0.4, 0.5) is 0 Å². The van der Waals surface area contributed by atoms with Crippen molar-refractivity contribution in [1.29, 1.82) is 0 Å². The van der Waals surface area contributed by atoms with Crippen molar-refractivity contribution in [3.05, 3.63) is 0 Å². The number of hydrogen-bond donors (Lipinski definition) is 0. The summed E-state index contributed by atoms with van der Waals surface area (Å²) in [5, 5.41) is 0. The van der Waals surface area contributed by atoms with Crippen molar-refractivity contribution in [2.45, 2.75) is 71.4 Å². The van der Waals surface area contributed by atoms with Crippen molar-refractivity contribution in [3.63, 3.8) is 0 Å². The van der Waals surface area contributed by atoms with Gasteiger partial charge < -0.3 is 23.7 Å². The van der Waals surface area contributed by atoms with Crippen molar-refractivity contribution in [2.75, 3.05) is 6.61 Å². The van der Waals surface area contributed by atoms with E-state index in [1.54, 1.807) is 0 Å². The lowest BCUT2D eigenvalue weighted by atomic mass is 9.78. The molecule has 0 heterocycles. The molecule has 0 aliphatic heterocycles. The SMILES string of the molecule is CC(=O)OC[C@]1(OC(C)=O)CC[C@@H](OC(C)=O)[C@H](OC(C)=O)[C@H]1OC(C)=O. The normalized spacial score (nSPS) is 27.1. The van der Waals surface area contributed by atoms with Gasteiger partial charge in [0.1, 0.15) is 12.7 Å². The van der Waals surface area contributed by atoms with E-state index in [4.69, 9.17) is 23.7 Å². The lowest BCUT2D eigenvalue weighted by Gasteiger charge is -2.47. The zero-order valence-electron chi connectivity index (χ0n) is 15.9. The van der Waals surface area contributed by atoms with Gasteiger partial charge in [-0.1, -0.05) is 0 Å². The number of rotatable bonds is 6. The molecule has 27 heavy (non-hydrogen) atoms. The van der Waals surface area contributed by atoms with Crippen LogP contribution in [0.3, 0.4) is 0 Å². The first-order chi connectivity index (χ1) is 12.5. The number of esters is 5. The minimum Gasteiger partial charge on any atom is -0.461 e.